The van der Waals surface area contributed by atoms with Gasteiger partial charge in [-0.2, -0.15) is 0 Å². The lowest BCUT2D eigenvalue weighted by Crippen LogP contribution is -2.27. The Labute approximate surface area is 139 Å². The van der Waals surface area contributed by atoms with E-state index in [0.717, 1.165) is 22.9 Å². The SMILES string of the molecule is CC(=Cc1ccccc1)C=C1SC(=O)N(c2ccccc2)C1=O. The first-order valence-electron chi connectivity index (χ1n) is 7.21. The Hall–Kier alpha value is -2.59. The molecule has 1 heterocycles. The molecule has 0 spiro atoms. The summed E-state index contributed by atoms with van der Waals surface area (Å²) < 4.78 is 0. The van der Waals surface area contributed by atoms with Crippen LogP contribution in [0.1, 0.15) is 12.5 Å². The third-order valence-electron chi connectivity index (χ3n) is 3.36. The Balaban J connectivity index is 1.86. The van der Waals surface area contributed by atoms with Crippen LogP contribution in [0.2, 0.25) is 0 Å². The highest BCUT2D eigenvalue weighted by atomic mass is 32.2. The van der Waals surface area contributed by atoms with E-state index in [-0.39, 0.29) is 11.1 Å². The van der Waals surface area contributed by atoms with Crippen LogP contribution in [0.15, 0.2) is 77.2 Å². The van der Waals surface area contributed by atoms with Gasteiger partial charge in [-0.3, -0.25) is 9.59 Å². The van der Waals surface area contributed by atoms with Gasteiger partial charge in [0.2, 0.25) is 0 Å². The molecule has 4 heteroatoms. The standard InChI is InChI=1S/C19H15NO2S/c1-14(12-15-8-4-2-5-9-15)13-17-18(21)20(19(22)23-17)16-10-6-3-7-11-16/h2-13H,1H3. The van der Waals surface area contributed by atoms with E-state index in [1.54, 1.807) is 18.2 Å². The number of carbonyl (C=O) groups excluding carboxylic acids is 2. The lowest BCUT2D eigenvalue weighted by atomic mass is 10.1. The van der Waals surface area contributed by atoms with Crippen molar-refractivity contribution in [1.29, 1.82) is 0 Å². The predicted octanol–water partition coefficient (Wildman–Crippen LogP) is 4.87. The van der Waals surface area contributed by atoms with Gasteiger partial charge < -0.3 is 0 Å². The van der Waals surface area contributed by atoms with Crippen molar-refractivity contribution in [2.45, 2.75) is 6.92 Å². The molecule has 0 radical (unpaired) electrons. The molecule has 114 valence electrons. The molecule has 0 N–H and O–H groups in total. The van der Waals surface area contributed by atoms with Gasteiger partial charge in [-0.15, -0.1) is 0 Å². The largest absolute Gasteiger partial charge is 0.298 e. The summed E-state index contributed by atoms with van der Waals surface area (Å²) in [6.07, 6.45) is 3.75. The second-order valence-corrected chi connectivity index (χ2v) is 6.14. The third kappa shape index (κ3) is 3.43. The Morgan fingerprint density at radius 2 is 1.57 bits per heavy atom. The summed E-state index contributed by atoms with van der Waals surface area (Å²) in [6, 6.07) is 18.8. The summed E-state index contributed by atoms with van der Waals surface area (Å²) in [4.78, 5) is 26.3. The van der Waals surface area contributed by atoms with Crippen LogP contribution in [-0.2, 0) is 4.79 Å². The number of allylic oxidation sites excluding steroid dienone is 2. The van der Waals surface area contributed by atoms with Crippen LogP contribution in [0.25, 0.3) is 6.08 Å². The summed E-state index contributed by atoms with van der Waals surface area (Å²) in [5.41, 5.74) is 2.58. The van der Waals surface area contributed by atoms with Crippen LogP contribution in [0, 0.1) is 0 Å². The number of hydrogen-bond donors (Lipinski definition) is 0. The number of rotatable bonds is 3. The number of hydrogen-bond acceptors (Lipinski definition) is 3. The average Bonchev–Trinajstić information content (AvgIpc) is 2.83. The van der Waals surface area contributed by atoms with Crippen molar-refractivity contribution in [1.82, 2.24) is 0 Å². The maximum atomic E-state index is 12.5. The van der Waals surface area contributed by atoms with Crippen molar-refractivity contribution in [3.8, 4) is 0 Å². The maximum absolute atomic E-state index is 12.5. The molecular weight excluding hydrogens is 306 g/mol. The van der Waals surface area contributed by atoms with E-state index in [9.17, 15) is 9.59 Å². The van der Waals surface area contributed by atoms with E-state index >= 15 is 0 Å². The van der Waals surface area contributed by atoms with Crippen molar-refractivity contribution in [2.75, 3.05) is 4.90 Å². The fraction of sp³-hybridized carbons (Fsp3) is 0.0526. The third-order valence-corrected chi connectivity index (χ3v) is 4.23. The van der Waals surface area contributed by atoms with Crippen LogP contribution in [0.4, 0.5) is 10.5 Å². The number of carbonyl (C=O) groups is 2. The van der Waals surface area contributed by atoms with Crippen molar-refractivity contribution >= 4 is 34.7 Å². The van der Waals surface area contributed by atoms with Gasteiger partial charge >= 0.3 is 0 Å². The number of benzene rings is 2. The highest BCUT2D eigenvalue weighted by molar-refractivity contribution is 8.18. The lowest BCUT2D eigenvalue weighted by Gasteiger charge is -2.11. The van der Waals surface area contributed by atoms with Crippen LogP contribution in [0.5, 0.6) is 0 Å². The van der Waals surface area contributed by atoms with E-state index in [4.69, 9.17) is 0 Å². The van der Waals surface area contributed by atoms with E-state index in [2.05, 4.69) is 0 Å². The molecule has 23 heavy (non-hydrogen) atoms. The summed E-state index contributed by atoms with van der Waals surface area (Å²) in [5.74, 6) is -0.271. The van der Waals surface area contributed by atoms with E-state index < -0.39 is 0 Å². The second kappa shape index (κ2) is 6.67. The molecule has 1 saturated heterocycles. The Bertz CT molecular complexity index is 795. The molecule has 0 aliphatic carbocycles. The molecule has 1 aliphatic rings. The predicted molar refractivity (Wildman–Crippen MR) is 95.1 cm³/mol. The molecule has 2 amide bonds. The van der Waals surface area contributed by atoms with Gasteiger partial charge in [0.1, 0.15) is 0 Å². The van der Waals surface area contributed by atoms with Gasteiger partial charge in [0, 0.05) is 0 Å². The van der Waals surface area contributed by atoms with Crippen LogP contribution in [-0.4, -0.2) is 11.1 Å². The maximum Gasteiger partial charge on any atom is 0.298 e. The zero-order chi connectivity index (χ0) is 16.2. The quantitative estimate of drug-likeness (QED) is 0.757. The summed E-state index contributed by atoms with van der Waals surface area (Å²) in [7, 11) is 0. The molecule has 0 unspecified atom stereocenters. The lowest BCUT2D eigenvalue weighted by molar-refractivity contribution is -0.113. The smallest absolute Gasteiger partial charge is 0.268 e. The molecule has 0 saturated carbocycles. The average molecular weight is 321 g/mol. The van der Waals surface area contributed by atoms with Gasteiger partial charge in [0.25, 0.3) is 11.1 Å². The fourth-order valence-corrected chi connectivity index (χ4v) is 3.22. The van der Waals surface area contributed by atoms with Gasteiger partial charge in [-0.1, -0.05) is 54.6 Å². The molecule has 2 aromatic carbocycles. The summed E-state index contributed by atoms with van der Waals surface area (Å²) >= 11 is 0.973. The molecule has 3 rings (SSSR count). The van der Waals surface area contributed by atoms with Gasteiger partial charge in [-0.05, 0) is 48.0 Å². The first-order valence-corrected chi connectivity index (χ1v) is 8.03. The number of imide groups is 1. The normalized spacial score (nSPS) is 17.2. The molecule has 0 atom stereocenters. The fourth-order valence-electron chi connectivity index (χ4n) is 2.33. The minimum absolute atomic E-state index is 0.264. The molecule has 0 aromatic heterocycles. The molecular formula is C19H15NO2S. The second-order valence-electron chi connectivity index (χ2n) is 5.15. The van der Waals surface area contributed by atoms with E-state index in [0.29, 0.717) is 10.6 Å². The van der Waals surface area contributed by atoms with Crippen molar-refractivity contribution < 1.29 is 9.59 Å². The molecule has 0 bridgehead atoms. The number of nitrogens with zero attached hydrogens (tertiary/aromatic N) is 1. The monoisotopic (exact) mass is 321 g/mol. The Kier molecular flexibility index (Phi) is 4.44. The first kappa shape index (κ1) is 15.3. The van der Waals surface area contributed by atoms with E-state index in [1.807, 2.05) is 61.5 Å². The van der Waals surface area contributed by atoms with Gasteiger partial charge in [0.05, 0.1) is 10.6 Å². The molecule has 1 aliphatic heterocycles. The molecule has 2 aromatic rings. The molecule has 1 fully saturated rings. The highest BCUT2D eigenvalue weighted by Gasteiger charge is 2.36. The summed E-state index contributed by atoms with van der Waals surface area (Å²) in [6.45, 7) is 1.92. The van der Waals surface area contributed by atoms with Gasteiger partial charge in [0.15, 0.2) is 0 Å². The number of anilines is 1. The highest BCUT2D eigenvalue weighted by Crippen LogP contribution is 2.35. The minimum Gasteiger partial charge on any atom is -0.268 e. The Morgan fingerprint density at radius 1 is 0.957 bits per heavy atom. The van der Waals surface area contributed by atoms with Crippen LogP contribution in [0.3, 0.4) is 0 Å². The number of amides is 2. The van der Waals surface area contributed by atoms with Crippen molar-refractivity contribution in [3.05, 3.63) is 82.8 Å². The minimum atomic E-state index is -0.271. The van der Waals surface area contributed by atoms with Crippen LogP contribution >= 0.6 is 11.8 Å². The first-order chi connectivity index (χ1) is 11.1. The van der Waals surface area contributed by atoms with Crippen molar-refractivity contribution in [3.63, 3.8) is 0 Å². The zero-order valence-corrected chi connectivity index (χ0v) is 13.4. The Morgan fingerprint density at radius 3 is 2.22 bits per heavy atom. The van der Waals surface area contributed by atoms with Gasteiger partial charge in [-0.25, -0.2) is 4.90 Å². The number of para-hydroxylation sites is 1. The topological polar surface area (TPSA) is 37.4 Å². The van der Waals surface area contributed by atoms with E-state index in [1.165, 1.54) is 4.90 Å². The zero-order valence-electron chi connectivity index (χ0n) is 12.6. The number of thioether (sulfide) groups is 1. The summed E-state index contributed by atoms with van der Waals surface area (Å²) in [5, 5.41) is -0.264. The van der Waals surface area contributed by atoms with Crippen LogP contribution < -0.4 is 4.90 Å². The molecule has 3 nitrogen and oxygen atoms in total. The van der Waals surface area contributed by atoms with Crippen molar-refractivity contribution in [2.24, 2.45) is 0 Å².